The van der Waals surface area contributed by atoms with E-state index in [9.17, 15) is 9.90 Å². The number of aromatic hydroxyl groups is 1. The smallest absolute Gasteiger partial charge is 0.271 e. The van der Waals surface area contributed by atoms with Gasteiger partial charge in [0.25, 0.3) is 5.91 Å². The predicted octanol–water partition coefficient (Wildman–Crippen LogP) is 2.97. The maximum absolute atomic E-state index is 12.7. The lowest BCUT2D eigenvalue weighted by molar-refractivity contribution is -0.132. The molecule has 0 unspecified atom stereocenters. The van der Waals surface area contributed by atoms with Crippen LogP contribution >= 0.6 is 0 Å². The summed E-state index contributed by atoms with van der Waals surface area (Å²) in [6, 6.07) is 13.8. The molecule has 0 bridgehead atoms. The Kier molecular flexibility index (Phi) is 3.45. The van der Waals surface area contributed by atoms with Gasteiger partial charge in [0.1, 0.15) is 11.5 Å². The summed E-state index contributed by atoms with van der Waals surface area (Å²) in [5.74, 6) is 0.450. The van der Waals surface area contributed by atoms with Gasteiger partial charge in [-0.05, 0) is 43.7 Å². The normalized spacial score (nSPS) is 15.5. The number of amides is 1. The molecule has 0 fully saturated rings. The van der Waals surface area contributed by atoms with Gasteiger partial charge in [-0.1, -0.05) is 12.1 Å². The zero-order chi connectivity index (χ0) is 16.6. The number of hydrogen-bond donors (Lipinski definition) is 1. The Morgan fingerprint density at radius 2 is 1.91 bits per heavy atom. The first kappa shape index (κ1) is 14.9. The molecule has 0 spiro atoms. The van der Waals surface area contributed by atoms with Crippen molar-refractivity contribution in [3.63, 3.8) is 0 Å². The number of ether oxygens (including phenoxy) is 1. The molecule has 0 aromatic heterocycles. The highest BCUT2D eigenvalue weighted by atomic mass is 16.5. The van der Waals surface area contributed by atoms with Crippen LogP contribution in [0.2, 0.25) is 0 Å². The molecule has 116 valence electrons. The topological polar surface area (TPSA) is 73.6 Å². The van der Waals surface area contributed by atoms with Gasteiger partial charge in [-0.2, -0.15) is 5.26 Å². The molecular formula is C18H16N2O3. The van der Waals surface area contributed by atoms with Crippen molar-refractivity contribution >= 4 is 11.6 Å². The second-order valence-corrected chi connectivity index (χ2v) is 5.96. The van der Waals surface area contributed by atoms with Crippen molar-refractivity contribution in [3.8, 4) is 17.6 Å². The van der Waals surface area contributed by atoms with E-state index in [0.717, 1.165) is 5.56 Å². The Morgan fingerprint density at radius 1 is 1.22 bits per heavy atom. The van der Waals surface area contributed by atoms with E-state index in [1.807, 2.05) is 12.1 Å². The van der Waals surface area contributed by atoms with Crippen LogP contribution in [0, 0.1) is 11.3 Å². The van der Waals surface area contributed by atoms with Crippen LogP contribution in [0.25, 0.3) is 0 Å². The van der Waals surface area contributed by atoms with Crippen LogP contribution in [-0.2, 0) is 11.3 Å². The highest BCUT2D eigenvalue weighted by Crippen LogP contribution is 2.40. The number of fused-ring (bicyclic) bond motifs is 1. The van der Waals surface area contributed by atoms with Gasteiger partial charge < -0.3 is 14.7 Å². The van der Waals surface area contributed by atoms with Crippen molar-refractivity contribution in [1.29, 1.82) is 5.26 Å². The zero-order valence-corrected chi connectivity index (χ0v) is 12.9. The van der Waals surface area contributed by atoms with E-state index in [4.69, 9.17) is 10.00 Å². The third kappa shape index (κ3) is 2.71. The van der Waals surface area contributed by atoms with Crippen LogP contribution in [0.3, 0.4) is 0 Å². The van der Waals surface area contributed by atoms with E-state index in [2.05, 4.69) is 6.07 Å². The summed E-state index contributed by atoms with van der Waals surface area (Å²) >= 11 is 0. The van der Waals surface area contributed by atoms with E-state index >= 15 is 0 Å². The number of carbonyl (C=O) groups is 1. The average Bonchev–Trinajstić information content (AvgIpc) is 2.53. The van der Waals surface area contributed by atoms with Crippen molar-refractivity contribution in [1.82, 2.24) is 0 Å². The van der Waals surface area contributed by atoms with Gasteiger partial charge in [0, 0.05) is 6.07 Å². The lowest BCUT2D eigenvalue weighted by Crippen LogP contribution is -2.52. The summed E-state index contributed by atoms with van der Waals surface area (Å²) in [5.41, 5.74) is 1.03. The molecule has 2 aromatic carbocycles. The Bertz CT molecular complexity index is 804. The molecule has 0 saturated heterocycles. The SMILES string of the molecule is CC1(C)Oc2ccc(O)cc2N(Cc2ccc(C#N)cc2)C1=O. The van der Waals surface area contributed by atoms with Crippen molar-refractivity contribution in [2.75, 3.05) is 4.90 Å². The number of phenolic OH excluding ortho intramolecular Hbond substituents is 1. The number of carbonyl (C=O) groups excluding carboxylic acids is 1. The maximum atomic E-state index is 12.7. The highest BCUT2D eigenvalue weighted by Gasteiger charge is 2.40. The first-order chi connectivity index (χ1) is 10.9. The van der Waals surface area contributed by atoms with E-state index in [0.29, 0.717) is 23.5 Å². The minimum atomic E-state index is -0.976. The molecule has 0 radical (unpaired) electrons. The van der Waals surface area contributed by atoms with Gasteiger partial charge >= 0.3 is 0 Å². The maximum Gasteiger partial charge on any atom is 0.271 e. The lowest BCUT2D eigenvalue weighted by atomic mass is 10.0. The fraction of sp³-hybridized carbons (Fsp3) is 0.222. The van der Waals surface area contributed by atoms with Crippen LogP contribution in [0.1, 0.15) is 25.0 Å². The summed E-state index contributed by atoms with van der Waals surface area (Å²) in [6.07, 6.45) is 0. The largest absolute Gasteiger partial charge is 0.508 e. The third-order valence-electron chi connectivity index (χ3n) is 3.78. The van der Waals surface area contributed by atoms with Crippen molar-refractivity contribution < 1.29 is 14.6 Å². The fourth-order valence-corrected chi connectivity index (χ4v) is 2.58. The molecule has 1 amide bonds. The van der Waals surface area contributed by atoms with E-state index < -0.39 is 5.60 Å². The Balaban J connectivity index is 2.00. The molecular weight excluding hydrogens is 292 g/mol. The van der Waals surface area contributed by atoms with Gasteiger partial charge in [-0.15, -0.1) is 0 Å². The van der Waals surface area contributed by atoms with Crippen LogP contribution < -0.4 is 9.64 Å². The van der Waals surface area contributed by atoms with Gasteiger partial charge in [-0.3, -0.25) is 4.79 Å². The Morgan fingerprint density at radius 3 is 2.57 bits per heavy atom. The molecule has 0 atom stereocenters. The second kappa shape index (κ2) is 5.33. The van der Waals surface area contributed by atoms with Crippen molar-refractivity contribution in [2.45, 2.75) is 26.0 Å². The van der Waals surface area contributed by atoms with Gasteiger partial charge in [0.05, 0.1) is 23.9 Å². The zero-order valence-electron chi connectivity index (χ0n) is 12.9. The Labute approximate surface area is 134 Å². The minimum absolute atomic E-state index is 0.0738. The summed E-state index contributed by atoms with van der Waals surface area (Å²) in [7, 11) is 0. The monoisotopic (exact) mass is 308 g/mol. The summed E-state index contributed by atoms with van der Waals surface area (Å²) in [5, 5.41) is 18.6. The quantitative estimate of drug-likeness (QED) is 0.925. The predicted molar refractivity (Wildman–Crippen MR) is 85.2 cm³/mol. The molecule has 1 heterocycles. The third-order valence-corrected chi connectivity index (χ3v) is 3.78. The number of hydrogen-bond acceptors (Lipinski definition) is 4. The van der Waals surface area contributed by atoms with Crippen LogP contribution in [0.5, 0.6) is 11.5 Å². The standard InChI is InChI=1S/C18H16N2O3/c1-18(2)17(22)20(11-13-5-3-12(10-19)4-6-13)15-9-14(21)7-8-16(15)23-18/h3-9,21H,11H2,1-2H3. The van der Waals surface area contributed by atoms with E-state index in [1.54, 1.807) is 36.9 Å². The lowest BCUT2D eigenvalue weighted by Gasteiger charge is -2.38. The Hall–Kier alpha value is -3.00. The number of nitriles is 1. The highest BCUT2D eigenvalue weighted by molar-refractivity contribution is 6.02. The van der Waals surface area contributed by atoms with Gasteiger partial charge in [0.2, 0.25) is 0 Å². The molecule has 0 aliphatic carbocycles. The fourth-order valence-electron chi connectivity index (χ4n) is 2.58. The van der Waals surface area contributed by atoms with Crippen LogP contribution in [-0.4, -0.2) is 16.6 Å². The van der Waals surface area contributed by atoms with Gasteiger partial charge in [-0.25, -0.2) is 0 Å². The van der Waals surface area contributed by atoms with E-state index in [1.165, 1.54) is 12.1 Å². The summed E-state index contributed by atoms with van der Waals surface area (Å²) < 4.78 is 5.75. The van der Waals surface area contributed by atoms with Crippen LogP contribution in [0.4, 0.5) is 5.69 Å². The molecule has 0 saturated carbocycles. The van der Waals surface area contributed by atoms with Crippen molar-refractivity contribution in [3.05, 3.63) is 53.6 Å². The number of nitrogens with zero attached hydrogens (tertiary/aromatic N) is 2. The van der Waals surface area contributed by atoms with Crippen molar-refractivity contribution in [2.24, 2.45) is 0 Å². The first-order valence-corrected chi connectivity index (χ1v) is 7.24. The van der Waals surface area contributed by atoms with E-state index in [-0.39, 0.29) is 11.7 Å². The number of rotatable bonds is 2. The number of anilines is 1. The number of phenols is 1. The van der Waals surface area contributed by atoms with Crippen LogP contribution in [0.15, 0.2) is 42.5 Å². The molecule has 3 rings (SSSR count). The summed E-state index contributed by atoms with van der Waals surface area (Å²) in [6.45, 7) is 3.78. The summed E-state index contributed by atoms with van der Waals surface area (Å²) in [4.78, 5) is 14.3. The molecule has 1 aliphatic heterocycles. The molecule has 2 aromatic rings. The molecule has 23 heavy (non-hydrogen) atoms. The number of benzene rings is 2. The average molecular weight is 308 g/mol. The second-order valence-electron chi connectivity index (χ2n) is 5.96. The molecule has 5 heteroatoms. The molecule has 5 nitrogen and oxygen atoms in total. The first-order valence-electron chi connectivity index (χ1n) is 7.24. The molecule has 1 aliphatic rings. The minimum Gasteiger partial charge on any atom is -0.508 e. The molecule has 1 N–H and O–H groups in total. The van der Waals surface area contributed by atoms with Gasteiger partial charge in [0.15, 0.2) is 5.60 Å².